The van der Waals surface area contributed by atoms with Gasteiger partial charge in [0.25, 0.3) is 0 Å². The van der Waals surface area contributed by atoms with Crippen molar-refractivity contribution in [3.8, 4) is 0 Å². The molecule has 0 aromatic heterocycles. The number of piperidine rings is 1. The van der Waals surface area contributed by atoms with Crippen molar-refractivity contribution in [2.24, 2.45) is 5.41 Å². The standard InChI is InChI=1S/C17H28N2O3S/c1-14(2)15-5-4-6-16(11-15)23(20,21)19-12-17(13-22-3)7-9-18-10-8-17/h4-6,11,14,18-19H,7-10,12-13H2,1-3H3. The Bertz CT molecular complexity index is 603. The second-order valence-corrected chi connectivity index (χ2v) is 8.50. The van der Waals surface area contributed by atoms with Crippen molar-refractivity contribution in [1.82, 2.24) is 10.0 Å². The van der Waals surface area contributed by atoms with Crippen molar-refractivity contribution in [2.75, 3.05) is 33.4 Å². The zero-order valence-electron chi connectivity index (χ0n) is 14.3. The third-order valence-corrected chi connectivity index (χ3v) is 5.99. The Morgan fingerprint density at radius 1 is 1.30 bits per heavy atom. The van der Waals surface area contributed by atoms with E-state index >= 15 is 0 Å². The van der Waals surface area contributed by atoms with Crippen LogP contribution in [-0.4, -0.2) is 41.8 Å². The van der Waals surface area contributed by atoms with Crippen LogP contribution in [0.4, 0.5) is 0 Å². The van der Waals surface area contributed by atoms with Crippen molar-refractivity contribution < 1.29 is 13.2 Å². The number of hydrogen-bond acceptors (Lipinski definition) is 4. The summed E-state index contributed by atoms with van der Waals surface area (Å²) in [6, 6.07) is 7.18. The molecule has 1 heterocycles. The van der Waals surface area contributed by atoms with E-state index in [0.29, 0.717) is 24.0 Å². The minimum Gasteiger partial charge on any atom is -0.384 e. The zero-order valence-corrected chi connectivity index (χ0v) is 15.1. The van der Waals surface area contributed by atoms with Gasteiger partial charge in [0.15, 0.2) is 0 Å². The molecule has 1 aliphatic rings. The van der Waals surface area contributed by atoms with Crippen LogP contribution in [0.5, 0.6) is 0 Å². The van der Waals surface area contributed by atoms with Gasteiger partial charge in [-0.1, -0.05) is 26.0 Å². The molecule has 0 amide bonds. The minimum absolute atomic E-state index is 0.122. The molecule has 1 fully saturated rings. The minimum atomic E-state index is -3.50. The van der Waals surface area contributed by atoms with E-state index in [9.17, 15) is 8.42 Å². The largest absolute Gasteiger partial charge is 0.384 e. The Labute approximate surface area is 139 Å². The van der Waals surface area contributed by atoms with Crippen molar-refractivity contribution in [2.45, 2.75) is 37.5 Å². The van der Waals surface area contributed by atoms with Gasteiger partial charge in [-0.15, -0.1) is 0 Å². The molecule has 1 saturated heterocycles. The van der Waals surface area contributed by atoms with Crippen LogP contribution in [0.2, 0.25) is 0 Å². The summed E-state index contributed by atoms with van der Waals surface area (Å²) in [5.74, 6) is 0.300. The Morgan fingerprint density at radius 3 is 2.61 bits per heavy atom. The molecule has 5 nitrogen and oxygen atoms in total. The van der Waals surface area contributed by atoms with E-state index in [1.165, 1.54) is 0 Å². The van der Waals surface area contributed by atoms with Gasteiger partial charge >= 0.3 is 0 Å². The van der Waals surface area contributed by atoms with Gasteiger partial charge in [0.2, 0.25) is 10.0 Å². The Balaban J connectivity index is 2.12. The molecular weight excluding hydrogens is 312 g/mol. The van der Waals surface area contributed by atoms with E-state index in [4.69, 9.17) is 4.74 Å². The topological polar surface area (TPSA) is 67.4 Å². The SMILES string of the molecule is COCC1(CNS(=O)(=O)c2cccc(C(C)C)c2)CCNCC1. The third kappa shape index (κ3) is 4.76. The molecule has 2 rings (SSSR count). The lowest BCUT2D eigenvalue weighted by Gasteiger charge is -2.37. The van der Waals surface area contributed by atoms with Gasteiger partial charge in [-0.25, -0.2) is 13.1 Å². The molecule has 6 heteroatoms. The molecule has 0 bridgehead atoms. The van der Waals surface area contributed by atoms with Crippen LogP contribution in [-0.2, 0) is 14.8 Å². The number of hydrogen-bond donors (Lipinski definition) is 2. The summed E-state index contributed by atoms with van der Waals surface area (Å²) in [5, 5.41) is 3.31. The molecular formula is C17H28N2O3S. The zero-order chi connectivity index (χ0) is 16.9. The van der Waals surface area contributed by atoms with Gasteiger partial charge in [0.05, 0.1) is 11.5 Å². The molecule has 0 atom stereocenters. The molecule has 0 saturated carbocycles. The van der Waals surface area contributed by atoms with Gasteiger partial charge in [-0.3, -0.25) is 0 Å². The first-order valence-electron chi connectivity index (χ1n) is 8.18. The molecule has 0 aliphatic carbocycles. The van der Waals surface area contributed by atoms with E-state index in [2.05, 4.69) is 23.9 Å². The molecule has 0 spiro atoms. The fraction of sp³-hybridized carbons (Fsp3) is 0.647. The van der Waals surface area contributed by atoms with Gasteiger partial charge in [0.1, 0.15) is 0 Å². The lowest BCUT2D eigenvalue weighted by Crippen LogP contribution is -2.47. The summed E-state index contributed by atoms with van der Waals surface area (Å²) in [6.07, 6.45) is 1.82. The second kappa shape index (κ2) is 7.75. The Morgan fingerprint density at radius 2 is 2.00 bits per heavy atom. The monoisotopic (exact) mass is 340 g/mol. The first kappa shape index (κ1) is 18.4. The maximum Gasteiger partial charge on any atom is 0.240 e. The van der Waals surface area contributed by atoms with Gasteiger partial charge in [-0.05, 0) is 49.5 Å². The summed E-state index contributed by atoms with van der Waals surface area (Å²) < 4.78 is 33.4. The third-order valence-electron chi connectivity index (χ3n) is 4.59. The molecule has 23 heavy (non-hydrogen) atoms. The lowest BCUT2D eigenvalue weighted by molar-refractivity contribution is 0.0577. The van der Waals surface area contributed by atoms with Gasteiger partial charge < -0.3 is 10.1 Å². The van der Waals surface area contributed by atoms with E-state index in [-0.39, 0.29) is 5.41 Å². The molecule has 1 aromatic rings. The fourth-order valence-corrected chi connectivity index (χ4v) is 4.22. The molecule has 0 radical (unpaired) electrons. The molecule has 1 aromatic carbocycles. The van der Waals surface area contributed by atoms with Crippen molar-refractivity contribution in [3.63, 3.8) is 0 Å². The highest BCUT2D eigenvalue weighted by molar-refractivity contribution is 7.89. The number of sulfonamides is 1. The summed E-state index contributed by atoms with van der Waals surface area (Å²) in [6.45, 7) is 6.89. The van der Waals surface area contributed by atoms with Gasteiger partial charge in [0, 0.05) is 19.1 Å². The van der Waals surface area contributed by atoms with E-state index in [1.807, 2.05) is 6.07 Å². The van der Waals surface area contributed by atoms with Crippen molar-refractivity contribution in [1.29, 1.82) is 0 Å². The fourth-order valence-electron chi connectivity index (χ4n) is 3.01. The highest BCUT2D eigenvalue weighted by Gasteiger charge is 2.33. The first-order chi connectivity index (χ1) is 10.9. The highest BCUT2D eigenvalue weighted by atomic mass is 32.2. The average molecular weight is 340 g/mol. The smallest absolute Gasteiger partial charge is 0.240 e. The number of ether oxygens (including phenoxy) is 1. The number of rotatable bonds is 7. The van der Waals surface area contributed by atoms with E-state index in [0.717, 1.165) is 31.5 Å². The second-order valence-electron chi connectivity index (χ2n) is 6.73. The molecule has 1 aliphatic heterocycles. The van der Waals surface area contributed by atoms with Crippen LogP contribution in [0.25, 0.3) is 0 Å². The van der Waals surface area contributed by atoms with Crippen molar-refractivity contribution >= 4 is 10.0 Å². The molecule has 2 N–H and O–H groups in total. The summed E-state index contributed by atoms with van der Waals surface area (Å²) in [7, 11) is -1.83. The van der Waals surface area contributed by atoms with Crippen LogP contribution < -0.4 is 10.0 Å². The average Bonchev–Trinajstić information content (AvgIpc) is 2.54. The molecule has 0 unspecified atom stereocenters. The summed E-state index contributed by atoms with van der Waals surface area (Å²) in [4.78, 5) is 0.338. The van der Waals surface area contributed by atoms with Crippen LogP contribution in [0.1, 0.15) is 38.2 Å². The number of nitrogens with one attached hydrogen (secondary N) is 2. The number of benzene rings is 1. The maximum atomic E-state index is 12.6. The van der Waals surface area contributed by atoms with Gasteiger partial charge in [-0.2, -0.15) is 0 Å². The van der Waals surface area contributed by atoms with Crippen LogP contribution in [0, 0.1) is 5.41 Å². The quantitative estimate of drug-likeness (QED) is 0.798. The van der Waals surface area contributed by atoms with Crippen molar-refractivity contribution in [3.05, 3.63) is 29.8 Å². The predicted molar refractivity (Wildman–Crippen MR) is 92.1 cm³/mol. The number of methoxy groups -OCH3 is 1. The van der Waals surface area contributed by atoms with Crippen LogP contribution >= 0.6 is 0 Å². The normalized spacial score (nSPS) is 18.3. The maximum absolute atomic E-state index is 12.6. The van der Waals surface area contributed by atoms with Crippen LogP contribution in [0.15, 0.2) is 29.2 Å². The highest BCUT2D eigenvalue weighted by Crippen LogP contribution is 2.29. The summed E-state index contributed by atoms with van der Waals surface area (Å²) in [5.41, 5.74) is 0.907. The summed E-state index contributed by atoms with van der Waals surface area (Å²) >= 11 is 0. The molecule has 130 valence electrons. The van der Waals surface area contributed by atoms with E-state index < -0.39 is 10.0 Å². The van der Waals surface area contributed by atoms with Crippen LogP contribution in [0.3, 0.4) is 0 Å². The lowest BCUT2D eigenvalue weighted by atomic mass is 9.80. The van der Waals surface area contributed by atoms with E-state index in [1.54, 1.807) is 25.3 Å². The Kier molecular flexibility index (Phi) is 6.19. The Hall–Kier alpha value is -0.950. The first-order valence-corrected chi connectivity index (χ1v) is 9.66. The predicted octanol–water partition coefficient (Wildman–Crippen LogP) is 2.10.